The molecular formula is C28H48O8. The molecule has 1 saturated carbocycles. The molecule has 1 aliphatic carbocycles. The molecule has 2 rings (SSSR count). The summed E-state index contributed by atoms with van der Waals surface area (Å²) in [6.45, 7) is 0.972. The number of carboxylic acid groups (broad SMARTS) is 1. The van der Waals surface area contributed by atoms with Crippen molar-refractivity contribution < 1.29 is 39.0 Å². The van der Waals surface area contributed by atoms with Crippen LogP contribution in [0.3, 0.4) is 0 Å². The molecule has 1 aliphatic heterocycles. The first-order valence-corrected chi connectivity index (χ1v) is 14.4. The Labute approximate surface area is 216 Å². The van der Waals surface area contributed by atoms with Crippen LogP contribution in [-0.4, -0.2) is 41.6 Å². The molecule has 8 heteroatoms. The van der Waals surface area contributed by atoms with E-state index in [1.165, 1.54) is 44.9 Å². The van der Waals surface area contributed by atoms with E-state index in [0.717, 1.165) is 51.4 Å². The van der Waals surface area contributed by atoms with Crippen LogP contribution in [0.5, 0.6) is 0 Å². The first-order chi connectivity index (χ1) is 17.5. The molecule has 0 aromatic rings. The van der Waals surface area contributed by atoms with Gasteiger partial charge in [0, 0.05) is 38.0 Å². The smallest absolute Gasteiger partial charge is 0.303 e. The van der Waals surface area contributed by atoms with Gasteiger partial charge in [-0.15, -0.1) is 0 Å². The monoisotopic (exact) mass is 512 g/mol. The van der Waals surface area contributed by atoms with E-state index in [2.05, 4.69) is 0 Å². The maximum atomic E-state index is 11.9. The lowest BCUT2D eigenvalue weighted by atomic mass is 9.97. The molecule has 0 aromatic heterocycles. The van der Waals surface area contributed by atoms with Gasteiger partial charge in [0.2, 0.25) is 5.79 Å². The second-order valence-corrected chi connectivity index (χ2v) is 10.6. The maximum absolute atomic E-state index is 11.9. The Kier molecular flexibility index (Phi) is 16.1. The SMILES string of the molecule is O=C(O)CCCCC(=O)C(=O)CCCCCCC1COOC2(CCCCCCCCCCC2)OOC1. The minimum absolute atomic E-state index is 0.0394. The van der Waals surface area contributed by atoms with Crippen LogP contribution in [0.15, 0.2) is 0 Å². The van der Waals surface area contributed by atoms with Crippen molar-refractivity contribution in [3.05, 3.63) is 0 Å². The van der Waals surface area contributed by atoms with Crippen molar-refractivity contribution in [3.8, 4) is 0 Å². The Balaban J connectivity index is 1.56. The molecule has 1 N–H and O–H groups in total. The van der Waals surface area contributed by atoms with Gasteiger partial charge in [0.05, 0.1) is 13.2 Å². The number of Topliss-reactive ketones (excluding diaryl/α,β-unsaturated/α-hetero) is 2. The highest BCUT2D eigenvalue weighted by atomic mass is 17.3. The minimum atomic E-state index is -0.873. The van der Waals surface area contributed by atoms with Crippen LogP contribution in [0.2, 0.25) is 0 Å². The van der Waals surface area contributed by atoms with Crippen LogP contribution < -0.4 is 0 Å². The second kappa shape index (κ2) is 18.8. The van der Waals surface area contributed by atoms with Gasteiger partial charge in [-0.3, -0.25) is 14.4 Å². The zero-order chi connectivity index (χ0) is 25.9. The molecule has 1 spiro atoms. The number of aliphatic carboxylic acids is 1. The molecule has 0 unspecified atom stereocenters. The number of carboxylic acids is 1. The third-order valence-corrected chi connectivity index (χ3v) is 7.27. The molecule has 0 bridgehead atoms. The first-order valence-electron chi connectivity index (χ1n) is 14.4. The van der Waals surface area contributed by atoms with Gasteiger partial charge < -0.3 is 5.11 Å². The molecule has 0 radical (unpaired) electrons. The molecule has 1 heterocycles. The van der Waals surface area contributed by atoms with Crippen molar-refractivity contribution in [2.75, 3.05) is 13.2 Å². The van der Waals surface area contributed by atoms with Gasteiger partial charge in [-0.1, -0.05) is 64.2 Å². The van der Waals surface area contributed by atoms with Crippen LogP contribution in [0.1, 0.15) is 135 Å². The molecule has 0 aromatic carbocycles. The number of hydrogen-bond acceptors (Lipinski definition) is 7. The molecule has 8 nitrogen and oxygen atoms in total. The molecule has 0 atom stereocenters. The molecule has 2 aliphatic rings. The quantitative estimate of drug-likeness (QED) is 0.166. The predicted molar refractivity (Wildman–Crippen MR) is 135 cm³/mol. The number of unbranched alkanes of at least 4 members (excludes halogenated alkanes) is 4. The van der Waals surface area contributed by atoms with E-state index in [1.807, 2.05) is 0 Å². The normalized spacial score (nSPS) is 20.6. The zero-order valence-corrected chi connectivity index (χ0v) is 22.1. The van der Waals surface area contributed by atoms with Crippen LogP contribution in [0.4, 0.5) is 0 Å². The third-order valence-electron chi connectivity index (χ3n) is 7.27. The maximum Gasteiger partial charge on any atom is 0.303 e. The highest BCUT2D eigenvalue weighted by Gasteiger charge is 2.36. The van der Waals surface area contributed by atoms with Crippen molar-refractivity contribution in [1.29, 1.82) is 0 Å². The second-order valence-electron chi connectivity index (χ2n) is 10.6. The number of hydrogen-bond donors (Lipinski definition) is 1. The Morgan fingerprint density at radius 3 is 1.58 bits per heavy atom. The predicted octanol–water partition coefficient (Wildman–Crippen LogP) is 6.64. The summed E-state index contributed by atoms with van der Waals surface area (Å²) >= 11 is 0. The Hall–Kier alpha value is -1.35. The lowest BCUT2D eigenvalue weighted by Crippen LogP contribution is -2.40. The van der Waals surface area contributed by atoms with Crippen molar-refractivity contribution in [3.63, 3.8) is 0 Å². The van der Waals surface area contributed by atoms with Crippen molar-refractivity contribution >= 4 is 17.5 Å². The largest absolute Gasteiger partial charge is 0.481 e. The third kappa shape index (κ3) is 13.8. The van der Waals surface area contributed by atoms with E-state index >= 15 is 0 Å². The van der Waals surface area contributed by atoms with Crippen molar-refractivity contribution in [1.82, 2.24) is 0 Å². The van der Waals surface area contributed by atoms with Crippen LogP contribution in [-0.2, 0) is 33.9 Å². The molecule has 36 heavy (non-hydrogen) atoms. The fourth-order valence-corrected chi connectivity index (χ4v) is 4.93. The highest BCUT2D eigenvalue weighted by Crippen LogP contribution is 2.32. The summed E-state index contributed by atoms with van der Waals surface area (Å²) in [6, 6.07) is 0. The van der Waals surface area contributed by atoms with E-state index in [0.29, 0.717) is 32.5 Å². The van der Waals surface area contributed by atoms with Crippen LogP contribution in [0, 0.1) is 5.92 Å². The minimum Gasteiger partial charge on any atom is -0.481 e. The molecular weight excluding hydrogens is 464 g/mol. The van der Waals surface area contributed by atoms with Gasteiger partial charge in [-0.2, -0.15) is 9.78 Å². The van der Waals surface area contributed by atoms with E-state index < -0.39 is 11.8 Å². The first kappa shape index (κ1) is 30.9. The lowest BCUT2D eigenvalue weighted by Gasteiger charge is -2.34. The van der Waals surface area contributed by atoms with Gasteiger partial charge in [-0.25, -0.2) is 9.78 Å². The van der Waals surface area contributed by atoms with Crippen molar-refractivity contribution in [2.24, 2.45) is 5.92 Å². The summed E-state index contributed by atoms with van der Waals surface area (Å²) in [5, 5.41) is 8.61. The zero-order valence-electron chi connectivity index (χ0n) is 22.1. The van der Waals surface area contributed by atoms with Crippen molar-refractivity contribution in [2.45, 2.75) is 141 Å². The van der Waals surface area contributed by atoms with Gasteiger partial charge in [0.1, 0.15) is 0 Å². The summed E-state index contributed by atoms with van der Waals surface area (Å²) in [6.07, 6.45) is 18.4. The Morgan fingerprint density at radius 1 is 0.611 bits per heavy atom. The number of rotatable bonds is 13. The summed E-state index contributed by atoms with van der Waals surface area (Å²) < 4.78 is 0. The van der Waals surface area contributed by atoms with E-state index in [4.69, 9.17) is 24.7 Å². The van der Waals surface area contributed by atoms with Gasteiger partial charge >= 0.3 is 5.97 Å². The molecule has 2 fully saturated rings. The van der Waals surface area contributed by atoms with E-state index in [1.54, 1.807) is 0 Å². The number of ketones is 2. The summed E-state index contributed by atoms with van der Waals surface area (Å²) in [7, 11) is 0. The number of carbonyl (C=O) groups excluding carboxylic acids is 2. The topological polar surface area (TPSA) is 108 Å². The molecule has 1 saturated heterocycles. The van der Waals surface area contributed by atoms with Crippen LogP contribution >= 0.6 is 0 Å². The lowest BCUT2D eigenvalue weighted by molar-refractivity contribution is -0.531. The van der Waals surface area contributed by atoms with E-state index in [-0.39, 0.29) is 36.7 Å². The standard InChI is InChI=1S/C28H48O8/c29-25(26(30)18-12-13-19-27(31)32)17-11-7-6-10-16-24-22-33-35-28(36-34-23-24)20-14-8-4-2-1-3-5-9-15-21-28/h24H,1-23H2,(H,31,32). The van der Waals surface area contributed by atoms with Gasteiger partial charge in [-0.05, 0) is 38.5 Å². The van der Waals surface area contributed by atoms with Gasteiger partial charge in [0.15, 0.2) is 11.6 Å². The average Bonchev–Trinajstić information content (AvgIpc) is 2.83. The molecule has 0 amide bonds. The summed E-state index contributed by atoms with van der Waals surface area (Å²) in [5.74, 6) is -2.17. The fourth-order valence-electron chi connectivity index (χ4n) is 4.93. The summed E-state index contributed by atoms with van der Waals surface area (Å²) in [5.41, 5.74) is 0. The van der Waals surface area contributed by atoms with E-state index in [9.17, 15) is 14.4 Å². The highest BCUT2D eigenvalue weighted by molar-refractivity contribution is 6.37. The average molecular weight is 513 g/mol. The Morgan fingerprint density at radius 2 is 1.06 bits per heavy atom. The molecule has 208 valence electrons. The van der Waals surface area contributed by atoms with Crippen LogP contribution in [0.25, 0.3) is 0 Å². The van der Waals surface area contributed by atoms with Gasteiger partial charge in [0.25, 0.3) is 0 Å². The number of carbonyl (C=O) groups is 3. The fraction of sp³-hybridized carbons (Fsp3) is 0.893. The summed E-state index contributed by atoms with van der Waals surface area (Å²) in [4.78, 5) is 57.3. The Bertz CT molecular complexity index is 611.